The Balaban J connectivity index is 2.17. The predicted octanol–water partition coefficient (Wildman–Crippen LogP) is 0.942. The third-order valence-electron chi connectivity index (χ3n) is 2.65. The molecular formula is C11H14N6O2. The van der Waals surface area contributed by atoms with E-state index >= 15 is 0 Å². The number of aromatic nitrogens is 3. The SMILES string of the molecule is CN(Cc1cnn(C)c1)c1ccc([N+](=O)[O-])c(N)n1. The molecule has 2 N–H and O–H groups in total. The number of pyridine rings is 1. The maximum absolute atomic E-state index is 10.7. The quantitative estimate of drug-likeness (QED) is 0.649. The van der Waals surface area contributed by atoms with Gasteiger partial charge in [-0.15, -0.1) is 0 Å². The molecule has 0 spiro atoms. The van der Waals surface area contributed by atoms with Crippen LogP contribution in [0, 0.1) is 10.1 Å². The summed E-state index contributed by atoms with van der Waals surface area (Å²) in [6.07, 6.45) is 3.65. The number of nitrogens with two attached hydrogens (primary N) is 1. The first-order valence-corrected chi connectivity index (χ1v) is 5.57. The van der Waals surface area contributed by atoms with Crippen molar-refractivity contribution < 1.29 is 4.92 Å². The molecule has 0 fully saturated rings. The fourth-order valence-corrected chi connectivity index (χ4v) is 1.73. The minimum Gasteiger partial charge on any atom is -0.378 e. The summed E-state index contributed by atoms with van der Waals surface area (Å²) in [5.41, 5.74) is 6.40. The van der Waals surface area contributed by atoms with Crippen LogP contribution in [0.5, 0.6) is 0 Å². The molecule has 2 heterocycles. The summed E-state index contributed by atoms with van der Waals surface area (Å²) >= 11 is 0. The summed E-state index contributed by atoms with van der Waals surface area (Å²) < 4.78 is 1.71. The highest BCUT2D eigenvalue weighted by Gasteiger charge is 2.14. The number of rotatable bonds is 4. The second kappa shape index (κ2) is 4.92. The second-order valence-electron chi connectivity index (χ2n) is 4.21. The van der Waals surface area contributed by atoms with Crippen molar-refractivity contribution in [3.05, 3.63) is 40.2 Å². The van der Waals surface area contributed by atoms with Gasteiger partial charge in [0, 0.05) is 38.5 Å². The molecule has 19 heavy (non-hydrogen) atoms. The van der Waals surface area contributed by atoms with Crippen LogP contribution >= 0.6 is 0 Å². The largest absolute Gasteiger partial charge is 0.378 e. The van der Waals surface area contributed by atoms with Gasteiger partial charge in [0.05, 0.1) is 11.1 Å². The zero-order valence-electron chi connectivity index (χ0n) is 10.6. The number of hydrogen-bond donors (Lipinski definition) is 1. The number of nitrogen functional groups attached to an aromatic ring is 1. The molecule has 2 rings (SSSR count). The third-order valence-corrected chi connectivity index (χ3v) is 2.65. The standard InChI is InChI=1S/C11H14N6O2/c1-15(6-8-5-13-16(2)7-8)10-4-3-9(17(18)19)11(12)14-10/h3-5,7H,6H2,1-2H3,(H2,12,14). The molecule has 0 aliphatic heterocycles. The summed E-state index contributed by atoms with van der Waals surface area (Å²) in [6, 6.07) is 2.93. The van der Waals surface area contributed by atoms with Crippen LogP contribution in [-0.4, -0.2) is 26.7 Å². The van der Waals surface area contributed by atoms with Gasteiger partial charge < -0.3 is 10.6 Å². The maximum Gasteiger partial charge on any atom is 0.311 e. The first-order chi connectivity index (χ1) is 8.97. The van der Waals surface area contributed by atoms with Crippen molar-refractivity contribution in [2.24, 2.45) is 7.05 Å². The Kier molecular flexibility index (Phi) is 3.32. The van der Waals surface area contributed by atoms with Crippen LogP contribution in [0.2, 0.25) is 0 Å². The average Bonchev–Trinajstić information content (AvgIpc) is 2.74. The third kappa shape index (κ3) is 2.79. The lowest BCUT2D eigenvalue weighted by atomic mass is 10.3. The van der Waals surface area contributed by atoms with Crippen LogP contribution in [0.15, 0.2) is 24.5 Å². The minimum absolute atomic E-state index is 0.0828. The molecule has 0 saturated carbocycles. The van der Waals surface area contributed by atoms with Gasteiger partial charge in [-0.25, -0.2) is 4.98 Å². The summed E-state index contributed by atoms with van der Waals surface area (Å²) in [7, 11) is 3.67. The van der Waals surface area contributed by atoms with Crippen LogP contribution in [0.25, 0.3) is 0 Å². The fraction of sp³-hybridized carbons (Fsp3) is 0.273. The van der Waals surface area contributed by atoms with E-state index in [1.165, 1.54) is 6.07 Å². The van der Waals surface area contributed by atoms with Gasteiger partial charge in [-0.05, 0) is 6.07 Å². The van der Waals surface area contributed by atoms with Gasteiger partial charge >= 0.3 is 5.69 Å². The summed E-state index contributed by atoms with van der Waals surface area (Å²) in [5, 5.41) is 14.7. The highest BCUT2D eigenvalue weighted by atomic mass is 16.6. The van der Waals surface area contributed by atoms with E-state index in [0.717, 1.165) is 5.56 Å². The first kappa shape index (κ1) is 12.8. The molecule has 0 radical (unpaired) electrons. The monoisotopic (exact) mass is 262 g/mol. The lowest BCUT2D eigenvalue weighted by molar-refractivity contribution is -0.384. The van der Waals surface area contributed by atoms with Crippen molar-refractivity contribution in [1.29, 1.82) is 0 Å². The minimum atomic E-state index is -0.548. The van der Waals surface area contributed by atoms with Gasteiger partial charge in [0.1, 0.15) is 5.82 Å². The van der Waals surface area contributed by atoms with Crippen molar-refractivity contribution in [1.82, 2.24) is 14.8 Å². The van der Waals surface area contributed by atoms with Crippen molar-refractivity contribution in [3.8, 4) is 0 Å². The Bertz CT molecular complexity index is 609. The number of nitro groups is 1. The smallest absolute Gasteiger partial charge is 0.311 e. The van der Waals surface area contributed by atoms with Crippen molar-refractivity contribution in [3.63, 3.8) is 0 Å². The van der Waals surface area contributed by atoms with Crippen molar-refractivity contribution >= 4 is 17.3 Å². The highest BCUT2D eigenvalue weighted by molar-refractivity contribution is 5.57. The fourth-order valence-electron chi connectivity index (χ4n) is 1.73. The Hall–Kier alpha value is -2.64. The van der Waals surface area contributed by atoms with Crippen LogP contribution in [0.1, 0.15) is 5.56 Å². The van der Waals surface area contributed by atoms with Crippen molar-refractivity contribution in [2.45, 2.75) is 6.54 Å². The first-order valence-electron chi connectivity index (χ1n) is 5.57. The Morgan fingerprint density at radius 2 is 2.26 bits per heavy atom. The molecule has 0 aliphatic carbocycles. The molecule has 8 heteroatoms. The Morgan fingerprint density at radius 3 is 2.79 bits per heavy atom. The Morgan fingerprint density at radius 1 is 1.53 bits per heavy atom. The molecule has 0 atom stereocenters. The van der Waals surface area contributed by atoms with E-state index < -0.39 is 4.92 Å². The lowest BCUT2D eigenvalue weighted by Gasteiger charge is -2.17. The van der Waals surface area contributed by atoms with Crippen molar-refractivity contribution in [2.75, 3.05) is 17.7 Å². The number of hydrogen-bond acceptors (Lipinski definition) is 6. The molecule has 2 aromatic heterocycles. The maximum atomic E-state index is 10.7. The topological polar surface area (TPSA) is 103 Å². The van der Waals surface area contributed by atoms with E-state index in [0.29, 0.717) is 12.4 Å². The van der Waals surface area contributed by atoms with E-state index in [4.69, 9.17) is 5.73 Å². The van der Waals surface area contributed by atoms with Gasteiger partial charge in [0.15, 0.2) is 0 Å². The Labute approximate surface area is 109 Å². The molecule has 2 aromatic rings. The summed E-state index contributed by atoms with van der Waals surface area (Å²) in [4.78, 5) is 16.0. The van der Waals surface area contributed by atoms with Gasteiger partial charge in [-0.2, -0.15) is 5.10 Å². The van der Waals surface area contributed by atoms with E-state index in [-0.39, 0.29) is 11.5 Å². The molecule has 0 saturated heterocycles. The van der Waals surface area contributed by atoms with E-state index in [9.17, 15) is 10.1 Å². The molecule has 100 valence electrons. The zero-order valence-corrected chi connectivity index (χ0v) is 10.6. The second-order valence-corrected chi connectivity index (χ2v) is 4.21. The average molecular weight is 262 g/mol. The molecule has 0 aliphatic rings. The zero-order chi connectivity index (χ0) is 14.0. The normalized spacial score (nSPS) is 10.4. The van der Waals surface area contributed by atoms with E-state index in [2.05, 4.69) is 10.1 Å². The van der Waals surface area contributed by atoms with Crippen LogP contribution in [0.3, 0.4) is 0 Å². The van der Waals surface area contributed by atoms with Gasteiger partial charge in [-0.3, -0.25) is 14.8 Å². The predicted molar refractivity (Wildman–Crippen MR) is 70.6 cm³/mol. The van der Waals surface area contributed by atoms with Gasteiger partial charge in [-0.1, -0.05) is 0 Å². The van der Waals surface area contributed by atoms with Crippen LogP contribution in [0.4, 0.5) is 17.3 Å². The van der Waals surface area contributed by atoms with E-state index in [1.54, 1.807) is 16.9 Å². The molecule has 0 unspecified atom stereocenters. The molecular weight excluding hydrogens is 248 g/mol. The number of aryl methyl sites for hydroxylation is 1. The molecule has 0 amide bonds. The van der Waals surface area contributed by atoms with Gasteiger partial charge in [0.2, 0.25) is 5.82 Å². The molecule has 8 nitrogen and oxygen atoms in total. The van der Waals surface area contributed by atoms with Gasteiger partial charge in [0.25, 0.3) is 0 Å². The highest BCUT2D eigenvalue weighted by Crippen LogP contribution is 2.23. The lowest BCUT2D eigenvalue weighted by Crippen LogP contribution is -2.18. The summed E-state index contributed by atoms with van der Waals surface area (Å²) in [6.45, 7) is 0.595. The summed E-state index contributed by atoms with van der Waals surface area (Å²) in [5.74, 6) is 0.493. The van der Waals surface area contributed by atoms with E-state index in [1.807, 2.05) is 25.2 Å². The molecule has 0 aromatic carbocycles. The number of nitrogens with zero attached hydrogens (tertiary/aromatic N) is 5. The van der Waals surface area contributed by atoms with Crippen LogP contribution < -0.4 is 10.6 Å². The molecule has 0 bridgehead atoms. The number of anilines is 2. The van der Waals surface area contributed by atoms with Crippen LogP contribution in [-0.2, 0) is 13.6 Å².